The fraction of sp³-hybridized carbons (Fsp3) is 0.0769. The van der Waals surface area contributed by atoms with Gasteiger partial charge in [-0.15, -0.1) is 0 Å². The van der Waals surface area contributed by atoms with Gasteiger partial charge in [-0.2, -0.15) is 0 Å². The van der Waals surface area contributed by atoms with Crippen molar-refractivity contribution in [3.63, 3.8) is 0 Å². The number of nitrogen functional groups attached to an aromatic ring is 1. The summed E-state index contributed by atoms with van der Waals surface area (Å²) in [6.45, 7) is 0. The number of aromatic amines is 1. The number of nitrogens with one attached hydrogen (secondary N) is 1. The van der Waals surface area contributed by atoms with E-state index in [1.54, 1.807) is 30.3 Å². The molecule has 1 aromatic carbocycles. The van der Waals surface area contributed by atoms with Gasteiger partial charge in [-0.3, -0.25) is 0 Å². The van der Waals surface area contributed by atoms with Crippen molar-refractivity contribution in [2.75, 3.05) is 12.0 Å². The van der Waals surface area contributed by atoms with Gasteiger partial charge in [-0.05, 0) is 24.3 Å². The number of anilines is 1. The zero-order chi connectivity index (χ0) is 14.3. The van der Waals surface area contributed by atoms with Crippen LogP contribution in [0, 0.1) is 0 Å². The van der Waals surface area contributed by atoms with Crippen LogP contribution in [0.5, 0.6) is 0 Å². The first-order valence-corrected chi connectivity index (χ1v) is 7.76. The summed E-state index contributed by atoms with van der Waals surface area (Å²) in [5.41, 5.74) is 7.27. The Morgan fingerprint density at radius 3 is 2.55 bits per heavy atom. The van der Waals surface area contributed by atoms with Crippen molar-refractivity contribution in [3.8, 4) is 11.5 Å². The minimum atomic E-state index is -3.33. The Labute approximate surface area is 115 Å². The van der Waals surface area contributed by atoms with Gasteiger partial charge in [0.1, 0.15) is 17.0 Å². The SMILES string of the molecule is CS(=O)(=O)c1cccc2[nH]c(-c3cccc(N)n3)nc12. The number of hydrogen-bond donors (Lipinski definition) is 2. The molecular formula is C13H12N4O2S. The smallest absolute Gasteiger partial charge is 0.177 e. The van der Waals surface area contributed by atoms with Crippen LogP contribution in [0.1, 0.15) is 0 Å². The number of H-pyrrole nitrogens is 1. The number of fused-ring (bicyclic) bond motifs is 1. The number of sulfone groups is 1. The van der Waals surface area contributed by atoms with Gasteiger partial charge in [0.15, 0.2) is 15.7 Å². The first-order chi connectivity index (χ1) is 9.45. The summed E-state index contributed by atoms with van der Waals surface area (Å²) >= 11 is 0. The molecule has 6 nitrogen and oxygen atoms in total. The predicted molar refractivity (Wildman–Crippen MR) is 76.8 cm³/mol. The lowest BCUT2D eigenvalue weighted by molar-refractivity contribution is 0.602. The lowest BCUT2D eigenvalue weighted by atomic mass is 10.3. The molecule has 0 fully saturated rings. The summed E-state index contributed by atoms with van der Waals surface area (Å²) in [6, 6.07) is 10.2. The van der Waals surface area contributed by atoms with Gasteiger partial charge in [0, 0.05) is 6.26 Å². The molecule has 20 heavy (non-hydrogen) atoms. The topological polar surface area (TPSA) is 102 Å². The van der Waals surface area contributed by atoms with E-state index in [9.17, 15) is 8.42 Å². The van der Waals surface area contributed by atoms with E-state index in [2.05, 4.69) is 15.0 Å². The monoisotopic (exact) mass is 288 g/mol. The van der Waals surface area contributed by atoms with Crippen LogP contribution in [-0.4, -0.2) is 29.6 Å². The third-order valence-corrected chi connectivity index (χ3v) is 4.02. The normalized spacial score (nSPS) is 11.8. The Morgan fingerprint density at radius 2 is 1.85 bits per heavy atom. The molecule has 0 spiro atoms. The number of pyridine rings is 1. The lowest BCUT2D eigenvalue weighted by Gasteiger charge is -1.97. The van der Waals surface area contributed by atoms with Crippen molar-refractivity contribution >= 4 is 26.7 Å². The second-order valence-corrected chi connectivity index (χ2v) is 6.44. The maximum absolute atomic E-state index is 11.8. The van der Waals surface area contributed by atoms with E-state index < -0.39 is 9.84 Å². The van der Waals surface area contributed by atoms with Crippen LogP contribution in [0.3, 0.4) is 0 Å². The lowest BCUT2D eigenvalue weighted by Crippen LogP contribution is -1.97. The molecule has 2 aromatic heterocycles. The maximum Gasteiger partial charge on any atom is 0.177 e. The number of nitrogens with two attached hydrogens (primary N) is 1. The zero-order valence-electron chi connectivity index (χ0n) is 10.7. The minimum absolute atomic E-state index is 0.196. The molecule has 3 N–H and O–H groups in total. The van der Waals surface area contributed by atoms with Crippen LogP contribution in [0.4, 0.5) is 5.82 Å². The Bertz CT molecular complexity index is 900. The summed E-state index contributed by atoms with van der Waals surface area (Å²) in [4.78, 5) is 11.8. The number of nitrogens with zero attached hydrogens (tertiary/aromatic N) is 2. The molecule has 0 saturated heterocycles. The molecule has 2 heterocycles. The zero-order valence-corrected chi connectivity index (χ0v) is 11.5. The van der Waals surface area contributed by atoms with Crippen molar-refractivity contribution in [1.82, 2.24) is 15.0 Å². The molecule has 3 rings (SSSR count). The largest absolute Gasteiger partial charge is 0.384 e. The van der Waals surface area contributed by atoms with Crippen molar-refractivity contribution in [1.29, 1.82) is 0 Å². The Kier molecular flexibility index (Phi) is 2.72. The molecule has 0 amide bonds. The van der Waals surface area contributed by atoms with Gasteiger partial charge in [-0.25, -0.2) is 18.4 Å². The summed E-state index contributed by atoms with van der Waals surface area (Å²) in [6.07, 6.45) is 1.16. The number of para-hydroxylation sites is 1. The van der Waals surface area contributed by atoms with Crippen molar-refractivity contribution < 1.29 is 8.42 Å². The van der Waals surface area contributed by atoms with E-state index in [1.165, 1.54) is 6.07 Å². The Hall–Kier alpha value is -2.41. The summed E-state index contributed by atoms with van der Waals surface area (Å²) < 4.78 is 23.5. The molecule has 0 radical (unpaired) electrons. The predicted octanol–water partition coefficient (Wildman–Crippen LogP) is 1.61. The quantitative estimate of drug-likeness (QED) is 0.746. The molecule has 0 aliphatic carbocycles. The number of benzene rings is 1. The van der Waals surface area contributed by atoms with Crippen LogP contribution in [0.2, 0.25) is 0 Å². The third-order valence-electron chi connectivity index (χ3n) is 2.89. The van der Waals surface area contributed by atoms with Gasteiger partial charge in [0.05, 0.1) is 10.4 Å². The molecule has 0 bridgehead atoms. The van der Waals surface area contributed by atoms with Gasteiger partial charge in [-0.1, -0.05) is 12.1 Å². The fourth-order valence-electron chi connectivity index (χ4n) is 2.01. The van der Waals surface area contributed by atoms with Crippen LogP contribution in [-0.2, 0) is 9.84 Å². The second-order valence-electron chi connectivity index (χ2n) is 4.46. The summed E-state index contributed by atoms with van der Waals surface area (Å²) in [5, 5.41) is 0. The van der Waals surface area contributed by atoms with E-state index in [1.807, 2.05) is 0 Å². The van der Waals surface area contributed by atoms with E-state index in [-0.39, 0.29) is 4.90 Å². The second kappa shape index (κ2) is 4.31. The van der Waals surface area contributed by atoms with Gasteiger partial charge in [0.2, 0.25) is 0 Å². The van der Waals surface area contributed by atoms with Gasteiger partial charge in [0.25, 0.3) is 0 Å². The third kappa shape index (κ3) is 2.12. The first kappa shape index (κ1) is 12.6. The highest BCUT2D eigenvalue weighted by Crippen LogP contribution is 2.24. The highest BCUT2D eigenvalue weighted by molar-refractivity contribution is 7.91. The van der Waals surface area contributed by atoms with Crippen LogP contribution in [0.15, 0.2) is 41.3 Å². The molecule has 3 aromatic rings. The van der Waals surface area contributed by atoms with E-state index in [0.29, 0.717) is 28.4 Å². The molecule has 7 heteroatoms. The van der Waals surface area contributed by atoms with Crippen LogP contribution < -0.4 is 5.73 Å². The van der Waals surface area contributed by atoms with Crippen LogP contribution in [0.25, 0.3) is 22.6 Å². The number of aromatic nitrogens is 3. The molecular weight excluding hydrogens is 276 g/mol. The van der Waals surface area contributed by atoms with Crippen molar-refractivity contribution in [3.05, 3.63) is 36.4 Å². The van der Waals surface area contributed by atoms with E-state index in [0.717, 1.165) is 6.26 Å². The highest BCUT2D eigenvalue weighted by Gasteiger charge is 2.16. The molecule has 0 aliphatic heterocycles. The Morgan fingerprint density at radius 1 is 1.10 bits per heavy atom. The number of imidazole rings is 1. The molecule has 0 unspecified atom stereocenters. The standard InChI is InChI=1S/C13H12N4O2S/c1-20(18,19)10-6-2-4-8-12(10)17-13(16-8)9-5-3-7-11(14)15-9/h2-7H,1H3,(H2,14,15)(H,16,17). The van der Waals surface area contributed by atoms with E-state index in [4.69, 9.17) is 5.73 Å². The number of hydrogen-bond acceptors (Lipinski definition) is 5. The fourth-order valence-corrected chi connectivity index (χ4v) is 2.84. The first-order valence-electron chi connectivity index (χ1n) is 5.87. The highest BCUT2D eigenvalue weighted by atomic mass is 32.2. The van der Waals surface area contributed by atoms with Gasteiger partial charge >= 0.3 is 0 Å². The number of rotatable bonds is 2. The average Bonchev–Trinajstić information content (AvgIpc) is 2.81. The van der Waals surface area contributed by atoms with Crippen molar-refractivity contribution in [2.45, 2.75) is 4.90 Å². The van der Waals surface area contributed by atoms with E-state index >= 15 is 0 Å². The maximum atomic E-state index is 11.8. The van der Waals surface area contributed by atoms with Crippen molar-refractivity contribution in [2.24, 2.45) is 0 Å². The molecule has 102 valence electrons. The summed E-state index contributed by atoms with van der Waals surface area (Å²) in [7, 11) is -3.33. The average molecular weight is 288 g/mol. The molecule has 0 atom stereocenters. The summed E-state index contributed by atoms with van der Waals surface area (Å²) in [5.74, 6) is 0.870. The molecule has 0 saturated carbocycles. The molecule has 0 aliphatic rings. The van der Waals surface area contributed by atoms with Crippen LogP contribution >= 0.6 is 0 Å². The Balaban J connectivity index is 2.26. The van der Waals surface area contributed by atoms with Gasteiger partial charge < -0.3 is 10.7 Å². The minimum Gasteiger partial charge on any atom is -0.384 e.